The van der Waals surface area contributed by atoms with Crippen LogP contribution >= 0.6 is 23.4 Å². The van der Waals surface area contributed by atoms with Gasteiger partial charge in [-0.1, -0.05) is 41.6 Å². The lowest BCUT2D eigenvalue weighted by molar-refractivity contribution is -0.274. The Balaban J connectivity index is 1.79. The summed E-state index contributed by atoms with van der Waals surface area (Å²) >= 11 is 7.59. The van der Waals surface area contributed by atoms with E-state index >= 15 is 0 Å². The molecule has 10 heteroatoms. The third-order valence-corrected chi connectivity index (χ3v) is 4.80. The molecule has 26 heavy (non-hydrogen) atoms. The van der Waals surface area contributed by atoms with Crippen LogP contribution in [0.25, 0.3) is 5.69 Å². The SMILES string of the molecule is CC(Sc1nnnn1-c1ccc(OC(F)(F)F)cc1)c1ccccc1Cl. The fourth-order valence-corrected chi connectivity index (χ4v) is 3.57. The maximum atomic E-state index is 12.2. The Morgan fingerprint density at radius 2 is 1.81 bits per heavy atom. The molecular weight excluding hydrogens is 389 g/mol. The topological polar surface area (TPSA) is 52.8 Å². The Hall–Kier alpha value is -2.26. The molecule has 5 nitrogen and oxygen atoms in total. The van der Waals surface area contributed by atoms with Gasteiger partial charge in [0.1, 0.15) is 5.75 Å². The zero-order valence-electron chi connectivity index (χ0n) is 13.3. The maximum absolute atomic E-state index is 12.2. The van der Waals surface area contributed by atoms with Crippen LogP contribution in [0.1, 0.15) is 17.7 Å². The van der Waals surface area contributed by atoms with Crippen LogP contribution in [0, 0.1) is 0 Å². The van der Waals surface area contributed by atoms with Gasteiger partial charge >= 0.3 is 6.36 Å². The summed E-state index contributed by atoms with van der Waals surface area (Å²) in [5.41, 5.74) is 1.45. The molecule has 3 rings (SSSR count). The van der Waals surface area contributed by atoms with Gasteiger partial charge in [-0.2, -0.15) is 4.68 Å². The number of benzene rings is 2. The average molecular weight is 401 g/mol. The molecule has 1 unspecified atom stereocenters. The number of rotatable bonds is 5. The standard InChI is InChI=1S/C16H12ClF3N4OS/c1-10(13-4-2-3-5-14(13)17)26-15-21-22-23-24(15)11-6-8-12(9-7-11)25-16(18,19)20/h2-10H,1H3. The van der Waals surface area contributed by atoms with Crippen molar-refractivity contribution in [1.82, 2.24) is 20.2 Å². The average Bonchev–Trinajstić information content (AvgIpc) is 3.02. The van der Waals surface area contributed by atoms with Gasteiger partial charge in [0.15, 0.2) is 0 Å². The van der Waals surface area contributed by atoms with Crippen LogP contribution in [0.5, 0.6) is 5.75 Å². The molecule has 0 saturated carbocycles. The number of nitrogens with zero attached hydrogens (tertiary/aromatic N) is 4. The van der Waals surface area contributed by atoms with Crippen molar-refractivity contribution in [2.24, 2.45) is 0 Å². The lowest BCUT2D eigenvalue weighted by Gasteiger charge is -2.13. The second kappa shape index (κ2) is 7.55. The minimum Gasteiger partial charge on any atom is -0.406 e. The largest absolute Gasteiger partial charge is 0.573 e. The third kappa shape index (κ3) is 4.47. The Morgan fingerprint density at radius 3 is 2.46 bits per heavy atom. The van der Waals surface area contributed by atoms with E-state index in [-0.39, 0.29) is 11.0 Å². The second-order valence-corrected chi connectivity index (χ2v) is 6.91. The number of alkyl halides is 3. The highest BCUT2D eigenvalue weighted by atomic mass is 35.5. The van der Waals surface area contributed by atoms with Crippen LogP contribution in [0.3, 0.4) is 0 Å². The molecule has 0 bridgehead atoms. The van der Waals surface area contributed by atoms with E-state index in [0.29, 0.717) is 15.9 Å². The molecule has 0 fully saturated rings. The van der Waals surface area contributed by atoms with Crippen LogP contribution in [-0.2, 0) is 0 Å². The summed E-state index contributed by atoms with van der Waals surface area (Å²) in [7, 11) is 0. The predicted octanol–water partition coefficient (Wildman–Crippen LogP) is 5.07. The lowest BCUT2D eigenvalue weighted by atomic mass is 10.2. The first kappa shape index (κ1) is 18.5. The summed E-state index contributed by atoms with van der Waals surface area (Å²) in [4.78, 5) is 0. The molecule has 136 valence electrons. The van der Waals surface area contributed by atoms with E-state index in [1.54, 1.807) is 6.07 Å². The zero-order valence-corrected chi connectivity index (χ0v) is 14.9. The lowest BCUT2D eigenvalue weighted by Crippen LogP contribution is -2.17. The van der Waals surface area contributed by atoms with Crippen LogP contribution in [0.4, 0.5) is 13.2 Å². The van der Waals surface area contributed by atoms with E-state index in [9.17, 15) is 13.2 Å². The summed E-state index contributed by atoms with van der Waals surface area (Å²) in [5.74, 6) is -0.312. The monoisotopic (exact) mass is 400 g/mol. The molecule has 0 spiro atoms. The number of aromatic nitrogens is 4. The second-order valence-electron chi connectivity index (χ2n) is 5.20. The van der Waals surface area contributed by atoms with Crippen molar-refractivity contribution in [2.45, 2.75) is 23.7 Å². The van der Waals surface area contributed by atoms with E-state index in [4.69, 9.17) is 11.6 Å². The van der Waals surface area contributed by atoms with Gasteiger partial charge in [-0.05, 0) is 53.2 Å². The van der Waals surface area contributed by atoms with Crippen LogP contribution in [0.2, 0.25) is 5.02 Å². The summed E-state index contributed by atoms with van der Waals surface area (Å²) in [6.07, 6.45) is -4.73. The fourth-order valence-electron chi connectivity index (χ4n) is 2.23. The van der Waals surface area contributed by atoms with Crippen LogP contribution < -0.4 is 4.74 Å². The van der Waals surface area contributed by atoms with E-state index in [2.05, 4.69) is 20.3 Å². The molecular formula is C16H12ClF3N4OS. The molecule has 0 N–H and O–H groups in total. The van der Waals surface area contributed by atoms with Gasteiger partial charge in [-0.3, -0.25) is 0 Å². The molecule has 0 amide bonds. The van der Waals surface area contributed by atoms with Crippen molar-refractivity contribution in [2.75, 3.05) is 0 Å². The van der Waals surface area contributed by atoms with Crippen LogP contribution in [0.15, 0.2) is 53.7 Å². The van der Waals surface area contributed by atoms with E-state index in [1.807, 2.05) is 25.1 Å². The Labute approximate surface area is 156 Å². The molecule has 0 saturated heterocycles. The van der Waals surface area contributed by atoms with Crippen LogP contribution in [-0.4, -0.2) is 26.6 Å². The van der Waals surface area contributed by atoms with E-state index in [1.165, 1.54) is 40.7 Å². The third-order valence-electron chi connectivity index (χ3n) is 3.38. The van der Waals surface area contributed by atoms with E-state index in [0.717, 1.165) is 5.56 Å². The number of hydrogen-bond donors (Lipinski definition) is 0. The van der Waals surface area contributed by atoms with Crippen molar-refractivity contribution in [1.29, 1.82) is 0 Å². The molecule has 0 aliphatic carbocycles. The minimum atomic E-state index is -4.73. The molecule has 1 heterocycles. The van der Waals surface area contributed by atoms with E-state index < -0.39 is 6.36 Å². The number of ether oxygens (including phenoxy) is 1. The van der Waals surface area contributed by atoms with Gasteiger partial charge in [0.2, 0.25) is 5.16 Å². The number of thioether (sulfide) groups is 1. The zero-order chi connectivity index (χ0) is 18.7. The Kier molecular flexibility index (Phi) is 5.38. The highest BCUT2D eigenvalue weighted by molar-refractivity contribution is 7.99. The summed E-state index contributed by atoms with van der Waals surface area (Å²) in [6.45, 7) is 1.96. The first-order valence-electron chi connectivity index (χ1n) is 7.39. The van der Waals surface area contributed by atoms with Crippen molar-refractivity contribution >= 4 is 23.4 Å². The first-order valence-corrected chi connectivity index (χ1v) is 8.65. The molecule has 0 radical (unpaired) electrons. The summed E-state index contributed by atoms with van der Waals surface area (Å²) in [6, 6.07) is 12.8. The van der Waals surface area contributed by atoms with Gasteiger partial charge in [-0.25, -0.2) is 0 Å². The predicted molar refractivity (Wildman–Crippen MR) is 91.6 cm³/mol. The molecule has 3 aromatic rings. The molecule has 2 aromatic carbocycles. The quantitative estimate of drug-likeness (QED) is 0.560. The van der Waals surface area contributed by atoms with Crippen molar-refractivity contribution < 1.29 is 17.9 Å². The normalized spacial score (nSPS) is 12.8. The van der Waals surface area contributed by atoms with Gasteiger partial charge in [0.05, 0.1) is 5.69 Å². The minimum absolute atomic E-state index is 0.0266. The number of tetrazole rings is 1. The molecule has 1 atom stereocenters. The van der Waals surface area contributed by atoms with Crippen molar-refractivity contribution in [3.63, 3.8) is 0 Å². The number of halogens is 4. The molecule has 0 aliphatic rings. The van der Waals surface area contributed by atoms with Gasteiger partial charge in [0.25, 0.3) is 0 Å². The van der Waals surface area contributed by atoms with Crippen molar-refractivity contribution in [3.8, 4) is 11.4 Å². The van der Waals surface area contributed by atoms with Gasteiger partial charge in [-0.15, -0.1) is 18.3 Å². The summed E-state index contributed by atoms with van der Waals surface area (Å²) in [5, 5.41) is 12.6. The maximum Gasteiger partial charge on any atom is 0.573 e. The van der Waals surface area contributed by atoms with Gasteiger partial charge < -0.3 is 4.74 Å². The fraction of sp³-hybridized carbons (Fsp3) is 0.188. The summed E-state index contributed by atoms with van der Waals surface area (Å²) < 4.78 is 42.0. The van der Waals surface area contributed by atoms with Gasteiger partial charge in [0, 0.05) is 10.3 Å². The molecule has 1 aromatic heterocycles. The smallest absolute Gasteiger partial charge is 0.406 e. The highest BCUT2D eigenvalue weighted by Crippen LogP contribution is 2.37. The molecule has 0 aliphatic heterocycles. The number of hydrogen-bond acceptors (Lipinski definition) is 5. The first-order chi connectivity index (χ1) is 12.3. The van der Waals surface area contributed by atoms with Crippen molar-refractivity contribution in [3.05, 3.63) is 59.1 Å². The Bertz CT molecular complexity index is 886. The highest BCUT2D eigenvalue weighted by Gasteiger charge is 2.31. The Morgan fingerprint density at radius 1 is 1.12 bits per heavy atom.